The zero-order valence-electron chi connectivity index (χ0n) is 10.6. The molecular weight excluding hydrogens is 282 g/mol. The van der Waals surface area contributed by atoms with Crippen molar-refractivity contribution in [2.75, 3.05) is 24.8 Å². The van der Waals surface area contributed by atoms with Crippen LogP contribution in [0.5, 0.6) is 0 Å². The Kier molecular flexibility index (Phi) is 6.04. The van der Waals surface area contributed by atoms with Crippen molar-refractivity contribution in [2.45, 2.75) is 19.4 Å². The molecule has 0 aromatic carbocycles. The van der Waals surface area contributed by atoms with Gasteiger partial charge in [-0.15, -0.1) is 0 Å². The van der Waals surface area contributed by atoms with Crippen LogP contribution in [0.25, 0.3) is 0 Å². The molecule has 0 heterocycles. The van der Waals surface area contributed by atoms with Crippen LogP contribution in [0, 0.1) is 0 Å². The summed E-state index contributed by atoms with van der Waals surface area (Å²) in [5, 5.41) is 11.1. The van der Waals surface area contributed by atoms with Gasteiger partial charge in [0.1, 0.15) is 15.7 Å². The summed E-state index contributed by atoms with van der Waals surface area (Å²) < 4.78 is 46.5. The molecule has 0 bridgehead atoms. The first kappa shape index (κ1) is 17.1. The molecule has 0 aromatic rings. The number of sulfone groups is 1. The molecule has 0 spiro atoms. The van der Waals surface area contributed by atoms with Crippen molar-refractivity contribution in [1.82, 2.24) is 4.31 Å². The fourth-order valence-electron chi connectivity index (χ4n) is 1.15. The van der Waals surface area contributed by atoms with Gasteiger partial charge in [-0.3, -0.25) is 0 Å². The van der Waals surface area contributed by atoms with Crippen LogP contribution < -0.4 is 5.73 Å². The lowest BCUT2D eigenvalue weighted by Crippen LogP contribution is -2.40. The third-order valence-corrected chi connectivity index (χ3v) is 5.57. The Balaban J connectivity index is 4.70. The number of nitrogens with two attached hydrogens (primary N) is 1. The first-order valence-corrected chi connectivity index (χ1v) is 8.76. The predicted molar refractivity (Wildman–Crippen MR) is 68.7 cm³/mol. The van der Waals surface area contributed by atoms with E-state index in [9.17, 15) is 16.8 Å². The molecule has 0 radical (unpaired) electrons. The minimum atomic E-state index is -3.68. The average molecular weight is 301 g/mol. The Morgan fingerprint density at radius 3 is 2.22 bits per heavy atom. The van der Waals surface area contributed by atoms with Gasteiger partial charge in [0, 0.05) is 25.8 Å². The van der Waals surface area contributed by atoms with Crippen LogP contribution in [0.1, 0.15) is 13.3 Å². The van der Waals surface area contributed by atoms with E-state index in [1.165, 1.54) is 7.05 Å². The zero-order valence-corrected chi connectivity index (χ0v) is 12.2. The summed E-state index contributed by atoms with van der Waals surface area (Å²) >= 11 is 0. The van der Waals surface area contributed by atoms with Crippen molar-refractivity contribution in [3.05, 3.63) is 0 Å². The molecule has 0 amide bonds. The molecule has 0 aliphatic rings. The third-order valence-electron chi connectivity index (χ3n) is 2.40. The summed E-state index contributed by atoms with van der Waals surface area (Å²) in [6.45, 7) is 1.58. The van der Waals surface area contributed by atoms with E-state index in [1.54, 1.807) is 6.92 Å². The molecule has 18 heavy (non-hydrogen) atoms. The summed E-state index contributed by atoms with van der Waals surface area (Å²) in [6, 6.07) is -0.523. The lowest BCUT2D eigenvalue weighted by molar-refractivity contribution is 0.313. The molecule has 1 atom stereocenters. The molecule has 0 rings (SSSR count). The van der Waals surface area contributed by atoms with Gasteiger partial charge in [-0.05, 0) is 6.92 Å². The van der Waals surface area contributed by atoms with Crippen LogP contribution in [0.4, 0.5) is 0 Å². The van der Waals surface area contributed by atoms with E-state index in [4.69, 9.17) is 10.9 Å². The van der Waals surface area contributed by atoms with Crippen LogP contribution in [-0.2, 0) is 19.9 Å². The largest absolute Gasteiger partial charge is 0.409 e. The minimum Gasteiger partial charge on any atom is -0.409 e. The van der Waals surface area contributed by atoms with E-state index in [1.807, 2.05) is 0 Å². The predicted octanol–water partition coefficient (Wildman–Crippen LogP) is -1.18. The highest BCUT2D eigenvalue weighted by Gasteiger charge is 2.25. The summed E-state index contributed by atoms with van der Waals surface area (Å²) in [5.41, 5.74) is 5.28. The molecule has 0 saturated carbocycles. The number of nitrogens with zero attached hydrogens (tertiary/aromatic N) is 2. The molecule has 3 N–H and O–H groups in total. The van der Waals surface area contributed by atoms with Crippen molar-refractivity contribution in [3.63, 3.8) is 0 Å². The van der Waals surface area contributed by atoms with Crippen LogP contribution in [0.15, 0.2) is 5.16 Å². The fourth-order valence-corrected chi connectivity index (χ4v) is 4.11. The highest BCUT2D eigenvalue weighted by atomic mass is 32.2. The van der Waals surface area contributed by atoms with Gasteiger partial charge in [0.15, 0.2) is 0 Å². The van der Waals surface area contributed by atoms with Crippen molar-refractivity contribution >= 4 is 25.7 Å². The Hall–Kier alpha value is -0.870. The standard InChI is InChI=1S/C8H19N3O5S2/c1-7(6-8(9)10-12)11(2)18(15,16)5-4-17(3,13)14/h7,12H,4-6H2,1-3H3,(H2,9,10). The van der Waals surface area contributed by atoms with Crippen molar-refractivity contribution in [3.8, 4) is 0 Å². The van der Waals surface area contributed by atoms with Gasteiger partial charge < -0.3 is 10.9 Å². The van der Waals surface area contributed by atoms with E-state index in [0.29, 0.717) is 0 Å². The highest BCUT2D eigenvalue weighted by Crippen LogP contribution is 2.08. The van der Waals surface area contributed by atoms with Crippen molar-refractivity contribution in [1.29, 1.82) is 0 Å². The maximum absolute atomic E-state index is 11.8. The lowest BCUT2D eigenvalue weighted by atomic mass is 10.2. The Labute approximate surface area is 107 Å². The average Bonchev–Trinajstić information content (AvgIpc) is 2.24. The van der Waals surface area contributed by atoms with Gasteiger partial charge in [0.25, 0.3) is 0 Å². The fraction of sp³-hybridized carbons (Fsp3) is 0.875. The molecule has 0 fully saturated rings. The maximum atomic E-state index is 11.8. The number of sulfonamides is 1. The summed E-state index contributed by atoms with van der Waals surface area (Å²) in [5.74, 6) is -1.01. The summed E-state index contributed by atoms with van der Waals surface area (Å²) in [7, 11) is -5.70. The quantitative estimate of drug-likeness (QED) is 0.263. The first-order valence-electron chi connectivity index (χ1n) is 5.09. The van der Waals surface area contributed by atoms with Crippen LogP contribution in [-0.4, -0.2) is 63.0 Å². The maximum Gasteiger partial charge on any atom is 0.215 e. The second-order valence-electron chi connectivity index (χ2n) is 4.11. The molecular formula is C8H19N3O5S2. The molecule has 0 aliphatic heterocycles. The smallest absolute Gasteiger partial charge is 0.215 e. The lowest BCUT2D eigenvalue weighted by Gasteiger charge is -2.23. The van der Waals surface area contributed by atoms with Crippen molar-refractivity contribution < 1.29 is 22.0 Å². The third kappa shape index (κ3) is 6.17. The summed E-state index contributed by atoms with van der Waals surface area (Å²) in [4.78, 5) is 0. The molecule has 10 heteroatoms. The van der Waals surface area contributed by atoms with Crippen LogP contribution in [0.2, 0.25) is 0 Å². The first-order chi connectivity index (χ1) is 7.99. The molecule has 0 aromatic heterocycles. The van der Waals surface area contributed by atoms with E-state index in [-0.39, 0.29) is 12.3 Å². The summed E-state index contributed by atoms with van der Waals surface area (Å²) in [6.07, 6.45) is 1.04. The van der Waals surface area contributed by atoms with Crippen molar-refractivity contribution in [2.24, 2.45) is 10.9 Å². The Morgan fingerprint density at radius 1 is 1.33 bits per heavy atom. The van der Waals surface area contributed by atoms with E-state index < -0.39 is 37.4 Å². The molecule has 0 saturated heterocycles. The monoisotopic (exact) mass is 301 g/mol. The van der Waals surface area contributed by atoms with Gasteiger partial charge in [-0.25, -0.2) is 21.1 Å². The SMILES string of the molecule is CC(C/C(N)=N/O)N(C)S(=O)(=O)CCS(C)(=O)=O. The van der Waals surface area contributed by atoms with Gasteiger partial charge in [-0.1, -0.05) is 5.16 Å². The second-order valence-corrected chi connectivity index (χ2v) is 8.51. The highest BCUT2D eigenvalue weighted by molar-refractivity contribution is 7.93. The number of hydrogen-bond acceptors (Lipinski definition) is 6. The van der Waals surface area contributed by atoms with Crippen LogP contribution >= 0.6 is 0 Å². The molecule has 108 valence electrons. The van der Waals surface area contributed by atoms with Gasteiger partial charge in [0.2, 0.25) is 10.0 Å². The Morgan fingerprint density at radius 2 is 1.83 bits per heavy atom. The number of amidine groups is 1. The van der Waals surface area contributed by atoms with Gasteiger partial charge in [0.05, 0.1) is 11.5 Å². The molecule has 0 aliphatic carbocycles. The number of rotatable bonds is 7. The zero-order chi connectivity index (χ0) is 14.6. The van der Waals surface area contributed by atoms with Gasteiger partial charge in [-0.2, -0.15) is 0 Å². The minimum absolute atomic E-state index is 0.0606. The molecule has 8 nitrogen and oxygen atoms in total. The Bertz CT molecular complexity index is 497. The van der Waals surface area contributed by atoms with E-state index in [0.717, 1.165) is 10.6 Å². The number of oxime groups is 1. The van der Waals surface area contributed by atoms with E-state index >= 15 is 0 Å². The molecule has 1 unspecified atom stereocenters. The van der Waals surface area contributed by atoms with Gasteiger partial charge >= 0.3 is 0 Å². The van der Waals surface area contributed by atoms with Crippen LogP contribution in [0.3, 0.4) is 0 Å². The van der Waals surface area contributed by atoms with E-state index in [2.05, 4.69) is 5.16 Å². The number of hydrogen-bond donors (Lipinski definition) is 2. The second kappa shape index (κ2) is 6.34. The topological polar surface area (TPSA) is 130 Å². The normalized spacial score (nSPS) is 15.9.